The Labute approximate surface area is 112 Å². The Bertz CT molecular complexity index is 232. The van der Waals surface area contributed by atoms with Crippen molar-refractivity contribution in [3.05, 3.63) is 0 Å². The van der Waals surface area contributed by atoms with Crippen LogP contribution in [-0.4, -0.2) is 47.2 Å². The maximum Gasteiger partial charge on any atom is 0.237 e. The molecule has 0 rings (SSSR count). The smallest absolute Gasteiger partial charge is 0.237 e. The van der Waals surface area contributed by atoms with Gasteiger partial charge in [0.25, 0.3) is 0 Å². The van der Waals surface area contributed by atoms with Crippen LogP contribution in [-0.2, 0) is 4.79 Å². The summed E-state index contributed by atoms with van der Waals surface area (Å²) < 4.78 is 0. The number of amides is 1. The van der Waals surface area contributed by atoms with Gasteiger partial charge in [-0.25, -0.2) is 0 Å². The van der Waals surface area contributed by atoms with E-state index in [4.69, 9.17) is 5.11 Å². The van der Waals surface area contributed by atoms with Gasteiger partial charge in [-0.05, 0) is 40.5 Å². The highest BCUT2D eigenvalue weighted by Crippen LogP contribution is 2.07. The largest absolute Gasteiger partial charge is 0.396 e. The van der Waals surface area contributed by atoms with Crippen molar-refractivity contribution in [1.29, 1.82) is 0 Å². The molecule has 2 N–H and O–H groups in total. The second-order valence-electron chi connectivity index (χ2n) is 5.28. The van der Waals surface area contributed by atoms with Crippen LogP contribution in [0.15, 0.2) is 0 Å². The van der Waals surface area contributed by atoms with Gasteiger partial charge < -0.3 is 10.4 Å². The van der Waals surface area contributed by atoms with E-state index in [0.29, 0.717) is 12.5 Å². The van der Waals surface area contributed by atoms with Crippen LogP contribution in [0.4, 0.5) is 0 Å². The fourth-order valence-electron chi connectivity index (χ4n) is 2.17. The van der Waals surface area contributed by atoms with Gasteiger partial charge in [0.05, 0.1) is 6.04 Å². The SMILES string of the molecule is CCCC(C)NC(=O)C(C)N(CCCO)C(C)C. The summed E-state index contributed by atoms with van der Waals surface area (Å²) in [6.07, 6.45) is 2.80. The van der Waals surface area contributed by atoms with Gasteiger partial charge >= 0.3 is 0 Å². The zero-order chi connectivity index (χ0) is 14.1. The maximum atomic E-state index is 12.1. The number of nitrogens with one attached hydrogen (secondary N) is 1. The second kappa shape index (κ2) is 9.34. The van der Waals surface area contributed by atoms with E-state index >= 15 is 0 Å². The molecule has 2 atom stereocenters. The van der Waals surface area contributed by atoms with E-state index in [-0.39, 0.29) is 24.6 Å². The number of aliphatic hydroxyl groups is 1. The highest BCUT2D eigenvalue weighted by molar-refractivity contribution is 5.81. The fraction of sp³-hybridized carbons (Fsp3) is 0.929. The maximum absolute atomic E-state index is 12.1. The summed E-state index contributed by atoms with van der Waals surface area (Å²) in [6, 6.07) is 0.395. The van der Waals surface area contributed by atoms with E-state index in [1.807, 2.05) is 13.8 Å². The normalized spacial score (nSPS) is 14.9. The van der Waals surface area contributed by atoms with Crippen LogP contribution in [0.25, 0.3) is 0 Å². The van der Waals surface area contributed by atoms with Crippen LogP contribution in [0.3, 0.4) is 0 Å². The van der Waals surface area contributed by atoms with Crippen molar-refractivity contribution in [3.8, 4) is 0 Å². The summed E-state index contributed by atoms with van der Waals surface area (Å²) in [4.78, 5) is 14.3. The molecular formula is C14H30N2O2. The molecule has 4 nitrogen and oxygen atoms in total. The summed E-state index contributed by atoms with van der Waals surface area (Å²) in [5.41, 5.74) is 0. The fourth-order valence-corrected chi connectivity index (χ4v) is 2.17. The van der Waals surface area contributed by atoms with Gasteiger partial charge in [0.15, 0.2) is 0 Å². The van der Waals surface area contributed by atoms with E-state index in [1.165, 1.54) is 0 Å². The molecule has 0 spiro atoms. The summed E-state index contributed by atoms with van der Waals surface area (Å²) >= 11 is 0. The number of carbonyl (C=O) groups excluding carboxylic acids is 1. The summed E-state index contributed by atoms with van der Waals surface area (Å²) in [7, 11) is 0. The number of carbonyl (C=O) groups is 1. The lowest BCUT2D eigenvalue weighted by Crippen LogP contribution is -2.50. The Balaban J connectivity index is 4.36. The van der Waals surface area contributed by atoms with Gasteiger partial charge in [-0.15, -0.1) is 0 Å². The first kappa shape index (κ1) is 17.4. The quantitative estimate of drug-likeness (QED) is 0.663. The molecule has 0 aromatic heterocycles. The van der Waals surface area contributed by atoms with E-state index in [1.54, 1.807) is 0 Å². The van der Waals surface area contributed by atoms with Crippen molar-refractivity contribution in [2.45, 2.75) is 72.0 Å². The van der Waals surface area contributed by atoms with Gasteiger partial charge in [0, 0.05) is 25.2 Å². The summed E-state index contributed by atoms with van der Waals surface area (Å²) in [6.45, 7) is 11.2. The van der Waals surface area contributed by atoms with Crippen LogP contribution >= 0.6 is 0 Å². The minimum absolute atomic E-state index is 0.0857. The van der Waals surface area contributed by atoms with Crippen molar-refractivity contribution < 1.29 is 9.90 Å². The Hall–Kier alpha value is -0.610. The van der Waals surface area contributed by atoms with Crippen molar-refractivity contribution in [2.24, 2.45) is 0 Å². The van der Waals surface area contributed by atoms with Gasteiger partial charge in [0.1, 0.15) is 0 Å². The molecule has 0 bridgehead atoms. The lowest BCUT2D eigenvalue weighted by Gasteiger charge is -2.32. The molecule has 0 aromatic rings. The van der Waals surface area contributed by atoms with Crippen LogP contribution in [0.5, 0.6) is 0 Å². The van der Waals surface area contributed by atoms with E-state index < -0.39 is 0 Å². The lowest BCUT2D eigenvalue weighted by atomic mass is 10.1. The van der Waals surface area contributed by atoms with Crippen LogP contribution in [0.2, 0.25) is 0 Å². The Morgan fingerprint density at radius 2 is 1.89 bits per heavy atom. The molecule has 0 saturated heterocycles. The predicted octanol–water partition coefficient (Wildman–Crippen LogP) is 1.77. The monoisotopic (exact) mass is 258 g/mol. The van der Waals surface area contributed by atoms with Gasteiger partial charge in [-0.1, -0.05) is 13.3 Å². The van der Waals surface area contributed by atoms with E-state index in [2.05, 4.69) is 31.0 Å². The third-order valence-corrected chi connectivity index (χ3v) is 3.22. The molecule has 0 saturated carbocycles. The molecule has 18 heavy (non-hydrogen) atoms. The Morgan fingerprint density at radius 1 is 1.28 bits per heavy atom. The zero-order valence-corrected chi connectivity index (χ0v) is 12.6. The van der Waals surface area contributed by atoms with Crippen LogP contribution in [0.1, 0.15) is 53.9 Å². The summed E-state index contributed by atoms with van der Waals surface area (Å²) in [5.74, 6) is 0.0857. The lowest BCUT2D eigenvalue weighted by molar-refractivity contribution is -0.127. The molecule has 108 valence electrons. The third-order valence-electron chi connectivity index (χ3n) is 3.22. The second-order valence-corrected chi connectivity index (χ2v) is 5.28. The van der Waals surface area contributed by atoms with Crippen molar-refractivity contribution >= 4 is 5.91 Å². The van der Waals surface area contributed by atoms with E-state index in [9.17, 15) is 4.79 Å². The molecule has 2 unspecified atom stereocenters. The topological polar surface area (TPSA) is 52.6 Å². The first-order valence-electron chi connectivity index (χ1n) is 7.11. The molecule has 0 aliphatic heterocycles. The van der Waals surface area contributed by atoms with Crippen molar-refractivity contribution in [2.75, 3.05) is 13.2 Å². The number of rotatable bonds is 9. The van der Waals surface area contributed by atoms with Gasteiger partial charge in [-0.3, -0.25) is 9.69 Å². The molecule has 0 aliphatic rings. The van der Waals surface area contributed by atoms with Gasteiger partial charge in [-0.2, -0.15) is 0 Å². The van der Waals surface area contributed by atoms with E-state index in [0.717, 1.165) is 19.4 Å². The minimum Gasteiger partial charge on any atom is -0.396 e. The standard InChI is InChI=1S/C14H30N2O2/c1-6-8-12(4)15-14(18)13(5)16(11(2)3)9-7-10-17/h11-13,17H,6-10H2,1-5H3,(H,15,18). The highest BCUT2D eigenvalue weighted by atomic mass is 16.3. The van der Waals surface area contributed by atoms with Gasteiger partial charge in [0.2, 0.25) is 5.91 Å². The molecule has 4 heteroatoms. The molecule has 0 radical (unpaired) electrons. The molecule has 0 aliphatic carbocycles. The van der Waals surface area contributed by atoms with Crippen molar-refractivity contribution in [1.82, 2.24) is 10.2 Å². The number of nitrogens with zero attached hydrogens (tertiary/aromatic N) is 1. The Kier molecular flexibility index (Phi) is 9.02. The third kappa shape index (κ3) is 6.36. The van der Waals surface area contributed by atoms with Crippen molar-refractivity contribution in [3.63, 3.8) is 0 Å². The highest BCUT2D eigenvalue weighted by Gasteiger charge is 2.23. The Morgan fingerprint density at radius 3 is 2.33 bits per heavy atom. The summed E-state index contributed by atoms with van der Waals surface area (Å²) in [5, 5.41) is 12.0. The number of hydrogen-bond acceptors (Lipinski definition) is 3. The average Bonchev–Trinajstić information content (AvgIpc) is 2.28. The first-order chi connectivity index (χ1) is 8.43. The zero-order valence-electron chi connectivity index (χ0n) is 12.6. The molecule has 0 fully saturated rings. The molecule has 1 amide bonds. The molecule has 0 aromatic carbocycles. The predicted molar refractivity (Wildman–Crippen MR) is 75.5 cm³/mol. The van der Waals surface area contributed by atoms with Crippen LogP contribution in [0, 0.1) is 0 Å². The average molecular weight is 258 g/mol. The number of aliphatic hydroxyl groups excluding tert-OH is 1. The first-order valence-corrected chi connectivity index (χ1v) is 7.11. The number of hydrogen-bond donors (Lipinski definition) is 2. The minimum atomic E-state index is -0.143. The molecule has 0 heterocycles. The van der Waals surface area contributed by atoms with Crippen LogP contribution < -0.4 is 5.32 Å². The molecular weight excluding hydrogens is 228 g/mol.